The van der Waals surface area contributed by atoms with E-state index in [-0.39, 0.29) is 30.8 Å². The summed E-state index contributed by atoms with van der Waals surface area (Å²) < 4.78 is 11.2. The van der Waals surface area contributed by atoms with Crippen LogP contribution in [0.25, 0.3) is 0 Å². The molecule has 1 spiro atoms. The molecule has 2 bridgehead atoms. The second-order valence-corrected chi connectivity index (χ2v) is 7.55. The molecule has 156 valence electrons. The fourth-order valence-electron chi connectivity index (χ4n) is 4.73. The third-order valence-corrected chi connectivity index (χ3v) is 6.06. The third-order valence-electron chi connectivity index (χ3n) is 6.06. The summed E-state index contributed by atoms with van der Waals surface area (Å²) in [5.74, 6) is 0.697. The minimum Gasteiger partial charge on any atom is -0.497 e. The lowest BCUT2D eigenvalue weighted by atomic mass is 9.74. The molecule has 2 N–H and O–H groups in total. The predicted molar refractivity (Wildman–Crippen MR) is 107 cm³/mol. The van der Waals surface area contributed by atoms with E-state index in [0.29, 0.717) is 0 Å². The van der Waals surface area contributed by atoms with Gasteiger partial charge < -0.3 is 25.0 Å². The Hall–Kier alpha value is -3.31. The molecule has 3 heterocycles. The van der Waals surface area contributed by atoms with Gasteiger partial charge in [-0.05, 0) is 17.7 Å². The molecule has 0 unspecified atom stereocenters. The fraction of sp³-hybridized carbons (Fsp3) is 0.409. The largest absolute Gasteiger partial charge is 0.497 e. The SMILES string of the molecule is C#CCN1C(=O)[C@@H]2[C@H](C(=O)NC)[C@H]3C=C[C@@]2(O3)[C@H]1C(=O)NCc1ccc(OC)cc1. The van der Waals surface area contributed by atoms with Gasteiger partial charge in [-0.25, -0.2) is 0 Å². The van der Waals surface area contributed by atoms with Crippen LogP contribution in [0.15, 0.2) is 36.4 Å². The van der Waals surface area contributed by atoms with Crippen LogP contribution >= 0.6 is 0 Å². The molecule has 0 aromatic heterocycles. The molecular weight excluding hydrogens is 386 g/mol. The normalized spacial score (nSPS) is 30.7. The lowest BCUT2D eigenvalue weighted by molar-refractivity contribution is -0.141. The molecule has 0 radical (unpaired) electrons. The summed E-state index contributed by atoms with van der Waals surface area (Å²) in [6, 6.07) is 6.35. The van der Waals surface area contributed by atoms with Crippen molar-refractivity contribution in [2.45, 2.75) is 24.3 Å². The average molecular weight is 409 g/mol. The number of hydrogen-bond donors (Lipinski definition) is 2. The van der Waals surface area contributed by atoms with Gasteiger partial charge in [0.2, 0.25) is 17.7 Å². The number of amides is 3. The first-order chi connectivity index (χ1) is 14.5. The van der Waals surface area contributed by atoms with Gasteiger partial charge in [-0.15, -0.1) is 6.42 Å². The molecule has 1 aromatic carbocycles. The number of carbonyl (C=O) groups excluding carboxylic acids is 3. The zero-order valence-corrected chi connectivity index (χ0v) is 16.8. The Morgan fingerprint density at radius 2 is 2.03 bits per heavy atom. The van der Waals surface area contributed by atoms with Crippen molar-refractivity contribution in [3.05, 3.63) is 42.0 Å². The van der Waals surface area contributed by atoms with Crippen molar-refractivity contribution in [3.8, 4) is 18.1 Å². The third kappa shape index (κ3) is 2.85. The van der Waals surface area contributed by atoms with Crippen molar-refractivity contribution in [1.29, 1.82) is 0 Å². The Bertz CT molecular complexity index is 951. The van der Waals surface area contributed by atoms with Gasteiger partial charge in [0, 0.05) is 13.6 Å². The van der Waals surface area contributed by atoms with E-state index in [1.807, 2.05) is 12.1 Å². The summed E-state index contributed by atoms with van der Waals surface area (Å²) in [5, 5.41) is 5.47. The van der Waals surface area contributed by atoms with Crippen LogP contribution < -0.4 is 15.4 Å². The topological polar surface area (TPSA) is 97.0 Å². The van der Waals surface area contributed by atoms with Gasteiger partial charge in [0.15, 0.2) is 0 Å². The van der Waals surface area contributed by atoms with Crippen LogP contribution in [0.3, 0.4) is 0 Å². The van der Waals surface area contributed by atoms with E-state index in [4.69, 9.17) is 15.9 Å². The molecule has 8 nitrogen and oxygen atoms in total. The highest BCUT2D eigenvalue weighted by atomic mass is 16.5. The van der Waals surface area contributed by atoms with Crippen LogP contribution in [0.4, 0.5) is 0 Å². The van der Waals surface area contributed by atoms with Gasteiger partial charge in [0.25, 0.3) is 0 Å². The second-order valence-electron chi connectivity index (χ2n) is 7.55. The molecule has 1 aromatic rings. The summed E-state index contributed by atoms with van der Waals surface area (Å²) in [5.41, 5.74) is -0.318. The molecule has 2 saturated heterocycles. The molecule has 0 saturated carbocycles. The van der Waals surface area contributed by atoms with Gasteiger partial charge in [0.05, 0.1) is 31.6 Å². The van der Waals surface area contributed by atoms with Crippen LogP contribution in [-0.4, -0.2) is 61.1 Å². The van der Waals surface area contributed by atoms with Crippen molar-refractivity contribution in [3.63, 3.8) is 0 Å². The number of benzene rings is 1. The number of nitrogens with one attached hydrogen (secondary N) is 2. The van der Waals surface area contributed by atoms with Crippen LogP contribution in [0.5, 0.6) is 5.75 Å². The number of rotatable bonds is 6. The van der Waals surface area contributed by atoms with Crippen LogP contribution in [0.1, 0.15) is 5.56 Å². The number of nitrogens with zero attached hydrogens (tertiary/aromatic N) is 1. The number of likely N-dealkylation sites (tertiary alicyclic amines) is 1. The molecule has 5 atom stereocenters. The summed E-state index contributed by atoms with van der Waals surface area (Å²) in [7, 11) is 3.10. The Morgan fingerprint density at radius 1 is 1.30 bits per heavy atom. The van der Waals surface area contributed by atoms with Crippen LogP contribution in [0, 0.1) is 24.2 Å². The lowest BCUT2D eigenvalue weighted by Gasteiger charge is -2.31. The zero-order chi connectivity index (χ0) is 21.5. The first kappa shape index (κ1) is 20.0. The number of ether oxygens (including phenoxy) is 2. The van der Waals surface area contributed by atoms with Crippen molar-refractivity contribution in [2.24, 2.45) is 11.8 Å². The highest BCUT2D eigenvalue weighted by molar-refractivity contribution is 5.99. The maximum atomic E-state index is 13.2. The van der Waals surface area contributed by atoms with E-state index in [1.54, 1.807) is 31.4 Å². The molecule has 0 aliphatic carbocycles. The summed E-state index contributed by atoms with van der Waals surface area (Å²) in [6.07, 6.45) is 8.43. The molecule has 8 heteroatoms. The second kappa shape index (κ2) is 7.50. The van der Waals surface area contributed by atoms with Crippen molar-refractivity contribution < 1.29 is 23.9 Å². The average Bonchev–Trinajstić information content (AvgIpc) is 3.40. The van der Waals surface area contributed by atoms with Gasteiger partial charge in [-0.3, -0.25) is 14.4 Å². The Balaban J connectivity index is 1.60. The van der Waals surface area contributed by atoms with E-state index >= 15 is 0 Å². The molecule has 3 aliphatic heterocycles. The maximum absolute atomic E-state index is 13.2. The van der Waals surface area contributed by atoms with Gasteiger partial charge in [-0.2, -0.15) is 0 Å². The van der Waals surface area contributed by atoms with E-state index in [2.05, 4.69) is 16.6 Å². The van der Waals surface area contributed by atoms with Crippen molar-refractivity contribution in [1.82, 2.24) is 15.5 Å². The fourth-order valence-corrected chi connectivity index (χ4v) is 4.73. The Kier molecular flexibility index (Phi) is 5.00. The van der Waals surface area contributed by atoms with Crippen molar-refractivity contribution >= 4 is 17.7 Å². The summed E-state index contributed by atoms with van der Waals surface area (Å²) in [6.45, 7) is 0.226. The molecule has 3 amide bonds. The molecular formula is C22H23N3O5. The van der Waals surface area contributed by atoms with E-state index < -0.39 is 29.6 Å². The van der Waals surface area contributed by atoms with E-state index in [9.17, 15) is 14.4 Å². The number of methoxy groups -OCH3 is 1. The molecule has 2 fully saturated rings. The Morgan fingerprint density at radius 3 is 2.67 bits per heavy atom. The minimum absolute atomic E-state index is 0.0416. The number of terminal acetylenes is 1. The van der Waals surface area contributed by atoms with Gasteiger partial charge >= 0.3 is 0 Å². The predicted octanol–water partition coefficient (Wildman–Crippen LogP) is -0.159. The highest BCUT2D eigenvalue weighted by Crippen LogP contribution is 2.54. The lowest BCUT2D eigenvalue weighted by Crippen LogP contribution is -2.54. The minimum atomic E-state index is -1.19. The van der Waals surface area contributed by atoms with E-state index in [1.165, 1.54) is 11.9 Å². The number of hydrogen-bond acceptors (Lipinski definition) is 5. The maximum Gasteiger partial charge on any atom is 0.246 e. The van der Waals surface area contributed by atoms with Crippen LogP contribution in [-0.2, 0) is 25.7 Å². The number of fused-ring (bicyclic) bond motifs is 1. The quantitative estimate of drug-likeness (QED) is 0.503. The summed E-state index contributed by atoms with van der Waals surface area (Å²) in [4.78, 5) is 40.2. The van der Waals surface area contributed by atoms with Gasteiger partial charge in [0.1, 0.15) is 17.4 Å². The van der Waals surface area contributed by atoms with E-state index in [0.717, 1.165) is 11.3 Å². The molecule has 30 heavy (non-hydrogen) atoms. The monoisotopic (exact) mass is 409 g/mol. The smallest absolute Gasteiger partial charge is 0.246 e. The number of carbonyl (C=O) groups is 3. The first-order valence-corrected chi connectivity index (χ1v) is 9.70. The van der Waals surface area contributed by atoms with Crippen molar-refractivity contribution in [2.75, 3.05) is 20.7 Å². The summed E-state index contributed by atoms with van der Waals surface area (Å²) >= 11 is 0. The molecule has 3 aliphatic rings. The Labute approximate surface area is 174 Å². The molecule has 4 rings (SSSR count). The highest BCUT2D eigenvalue weighted by Gasteiger charge is 2.72. The van der Waals surface area contributed by atoms with Crippen LogP contribution in [0.2, 0.25) is 0 Å². The standard InChI is InChI=1S/C22H23N3O5/c1-4-11-25-18(20(27)24-12-13-5-7-14(29-3)8-6-13)22-10-9-15(30-22)16(19(26)23-2)17(22)21(25)28/h1,5-10,15-18H,11-12H2,2-3H3,(H,23,26)(H,24,27)/t15-,16-,17+,18-,22+/m1/s1. The first-order valence-electron chi connectivity index (χ1n) is 9.70. The van der Waals surface area contributed by atoms with Gasteiger partial charge in [-0.1, -0.05) is 30.2 Å². The zero-order valence-electron chi connectivity index (χ0n) is 16.8.